The fourth-order valence-electron chi connectivity index (χ4n) is 3.65. The topological polar surface area (TPSA) is 115 Å². The van der Waals surface area contributed by atoms with E-state index in [0.29, 0.717) is 11.1 Å². The van der Waals surface area contributed by atoms with Crippen molar-refractivity contribution in [2.24, 2.45) is 5.92 Å². The van der Waals surface area contributed by atoms with E-state index in [-0.39, 0.29) is 34.5 Å². The van der Waals surface area contributed by atoms with Crippen molar-refractivity contribution in [1.82, 2.24) is 0 Å². The Morgan fingerprint density at radius 1 is 0.857 bits per heavy atom. The maximum Gasteiger partial charge on any atom is 0.339 e. The third kappa shape index (κ3) is 4.63. The van der Waals surface area contributed by atoms with Crippen LogP contribution in [0.5, 0.6) is 11.5 Å². The van der Waals surface area contributed by atoms with E-state index >= 15 is 0 Å². The minimum atomic E-state index is -1.23. The van der Waals surface area contributed by atoms with Gasteiger partial charge in [-0.05, 0) is 47.7 Å². The van der Waals surface area contributed by atoms with Crippen LogP contribution in [0.3, 0.4) is 0 Å². The third-order valence-electron chi connectivity index (χ3n) is 5.14. The smallest absolute Gasteiger partial charge is 0.339 e. The number of phenols is 2. The first kappa shape index (κ1) is 21.3. The largest absolute Gasteiger partial charge is 0.507 e. The predicted octanol–water partition coefficient (Wildman–Crippen LogP) is 4.84. The summed E-state index contributed by atoms with van der Waals surface area (Å²) >= 11 is 0. The van der Waals surface area contributed by atoms with Gasteiger partial charge in [0, 0.05) is 5.92 Å². The molecule has 6 heteroatoms. The van der Waals surface area contributed by atoms with Crippen molar-refractivity contribution >= 4 is 11.9 Å². The van der Waals surface area contributed by atoms with E-state index in [1.165, 1.54) is 24.3 Å². The second-order valence-electron chi connectivity index (χ2n) is 6.95. The standard InChI is InChI=1S/C22H26O6/c1-3-5-6-13(4-2)20(14-7-9-18(23)16(11-14)21(25)26)15-8-10-19(24)17(12-15)22(27)28/h7-13,20,23-24H,3-6H2,1-2H3,(H,25,26)(H,27,28). The molecule has 0 fully saturated rings. The molecule has 0 bridgehead atoms. The molecule has 0 aliphatic heterocycles. The van der Waals surface area contributed by atoms with Crippen LogP contribution in [0, 0.1) is 5.92 Å². The zero-order valence-electron chi connectivity index (χ0n) is 16.1. The van der Waals surface area contributed by atoms with Crippen LogP contribution >= 0.6 is 0 Å². The van der Waals surface area contributed by atoms with Gasteiger partial charge in [-0.3, -0.25) is 0 Å². The third-order valence-corrected chi connectivity index (χ3v) is 5.14. The molecular formula is C22H26O6. The monoisotopic (exact) mass is 386 g/mol. The number of unbranched alkanes of at least 4 members (excludes halogenated alkanes) is 1. The molecule has 1 unspecified atom stereocenters. The number of hydrogen-bond acceptors (Lipinski definition) is 4. The van der Waals surface area contributed by atoms with Crippen LogP contribution in [-0.4, -0.2) is 32.4 Å². The zero-order valence-corrected chi connectivity index (χ0v) is 16.1. The average molecular weight is 386 g/mol. The Hall–Kier alpha value is -3.02. The van der Waals surface area contributed by atoms with Crippen molar-refractivity contribution in [3.8, 4) is 11.5 Å². The summed E-state index contributed by atoms with van der Waals surface area (Å²) in [4.78, 5) is 22.9. The number of aromatic carboxylic acids is 2. The molecule has 0 saturated heterocycles. The van der Waals surface area contributed by atoms with Gasteiger partial charge in [-0.1, -0.05) is 45.2 Å². The van der Waals surface area contributed by atoms with Crippen molar-refractivity contribution in [2.75, 3.05) is 0 Å². The van der Waals surface area contributed by atoms with E-state index in [1.54, 1.807) is 12.1 Å². The van der Waals surface area contributed by atoms with Crippen LogP contribution < -0.4 is 0 Å². The first-order valence-electron chi connectivity index (χ1n) is 9.42. The quantitative estimate of drug-likeness (QED) is 0.490. The fourth-order valence-corrected chi connectivity index (χ4v) is 3.65. The molecule has 2 rings (SSSR count). The zero-order chi connectivity index (χ0) is 20.8. The molecule has 0 aliphatic carbocycles. The van der Waals surface area contributed by atoms with E-state index < -0.39 is 11.9 Å². The summed E-state index contributed by atoms with van der Waals surface area (Å²) in [6, 6.07) is 8.96. The van der Waals surface area contributed by atoms with Crippen LogP contribution in [0.4, 0.5) is 0 Å². The Bertz CT molecular complexity index is 795. The maximum absolute atomic E-state index is 11.5. The van der Waals surface area contributed by atoms with Crippen molar-refractivity contribution in [2.45, 2.75) is 45.4 Å². The summed E-state index contributed by atoms with van der Waals surface area (Å²) in [5.74, 6) is -3.18. The molecule has 0 radical (unpaired) electrons. The molecule has 2 aromatic rings. The van der Waals surface area contributed by atoms with Gasteiger partial charge >= 0.3 is 11.9 Å². The average Bonchev–Trinajstić information content (AvgIpc) is 2.66. The van der Waals surface area contributed by atoms with E-state index in [1.807, 2.05) is 6.92 Å². The first-order chi connectivity index (χ1) is 13.3. The number of carboxylic acid groups (broad SMARTS) is 2. The SMILES string of the molecule is CCCCC(CC)C(c1ccc(O)c(C(=O)O)c1)c1ccc(O)c(C(=O)O)c1. The van der Waals surface area contributed by atoms with Crippen molar-refractivity contribution in [3.05, 3.63) is 58.7 Å². The van der Waals surface area contributed by atoms with Crippen LogP contribution in [-0.2, 0) is 0 Å². The van der Waals surface area contributed by atoms with Gasteiger partial charge < -0.3 is 20.4 Å². The molecule has 1 atom stereocenters. The van der Waals surface area contributed by atoms with Gasteiger partial charge in [0.2, 0.25) is 0 Å². The van der Waals surface area contributed by atoms with Crippen LogP contribution in [0.25, 0.3) is 0 Å². The summed E-state index contributed by atoms with van der Waals surface area (Å²) in [6.45, 7) is 4.14. The molecule has 0 aliphatic rings. The minimum absolute atomic E-state index is 0.150. The highest BCUT2D eigenvalue weighted by atomic mass is 16.4. The van der Waals surface area contributed by atoms with Crippen molar-refractivity contribution in [1.29, 1.82) is 0 Å². The van der Waals surface area contributed by atoms with Gasteiger partial charge in [-0.25, -0.2) is 9.59 Å². The Morgan fingerprint density at radius 2 is 1.32 bits per heavy atom. The Balaban J connectivity index is 2.64. The number of aromatic hydroxyl groups is 2. The summed E-state index contributed by atoms with van der Waals surface area (Å²) < 4.78 is 0. The highest BCUT2D eigenvalue weighted by molar-refractivity contribution is 5.91. The van der Waals surface area contributed by atoms with E-state index in [9.17, 15) is 30.0 Å². The molecule has 0 amide bonds. The summed E-state index contributed by atoms with van der Waals surface area (Å²) in [5, 5.41) is 38.4. The Kier molecular flexibility index (Phi) is 7.04. The van der Waals surface area contributed by atoms with Gasteiger partial charge in [0.15, 0.2) is 0 Å². The predicted molar refractivity (Wildman–Crippen MR) is 105 cm³/mol. The lowest BCUT2D eigenvalue weighted by molar-refractivity contribution is 0.0682. The Labute approximate surface area is 164 Å². The second-order valence-corrected chi connectivity index (χ2v) is 6.95. The first-order valence-corrected chi connectivity index (χ1v) is 9.42. The van der Waals surface area contributed by atoms with Gasteiger partial charge in [0.25, 0.3) is 0 Å². The number of hydrogen-bond donors (Lipinski definition) is 4. The van der Waals surface area contributed by atoms with Crippen molar-refractivity contribution in [3.63, 3.8) is 0 Å². The molecule has 28 heavy (non-hydrogen) atoms. The second kappa shape index (κ2) is 9.26. The maximum atomic E-state index is 11.5. The molecule has 0 heterocycles. The summed E-state index contributed by atoms with van der Waals surface area (Å²) in [6.07, 6.45) is 3.71. The highest BCUT2D eigenvalue weighted by Crippen LogP contribution is 2.39. The molecule has 6 nitrogen and oxygen atoms in total. The lowest BCUT2D eigenvalue weighted by Crippen LogP contribution is -2.16. The molecule has 0 spiro atoms. The molecule has 0 aromatic heterocycles. The van der Waals surface area contributed by atoms with Gasteiger partial charge in [-0.2, -0.15) is 0 Å². The van der Waals surface area contributed by atoms with Crippen LogP contribution in [0.2, 0.25) is 0 Å². The molecular weight excluding hydrogens is 360 g/mol. The molecule has 4 N–H and O–H groups in total. The lowest BCUT2D eigenvalue weighted by atomic mass is 9.76. The van der Waals surface area contributed by atoms with E-state index in [2.05, 4.69) is 6.92 Å². The van der Waals surface area contributed by atoms with Crippen LogP contribution in [0.15, 0.2) is 36.4 Å². The number of carbonyl (C=O) groups is 2. The normalized spacial score (nSPS) is 12.1. The van der Waals surface area contributed by atoms with Gasteiger partial charge in [0.1, 0.15) is 22.6 Å². The van der Waals surface area contributed by atoms with E-state index in [4.69, 9.17) is 0 Å². The summed E-state index contributed by atoms with van der Waals surface area (Å²) in [5.41, 5.74) is 1.01. The number of rotatable bonds is 9. The minimum Gasteiger partial charge on any atom is -0.507 e. The highest BCUT2D eigenvalue weighted by Gasteiger charge is 2.26. The lowest BCUT2D eigenvalue weighted by Gasteiger charge is -2.28. The van der Waals surface area contributed by atoms with E-state index in [0.717, 1.165) is 25.7 Å². The van der Waals surface area contributed by atoms with Crippen LogP contribution in [0.1, 0.15) is 77.3 Å². The van der Waals surface area contributed by atoms with Crippen molar-refractivity contribution < 1.29 is 30.0 Å². The Morgan fingerprint density at radius 3 is 1.68 bits per heavy atom. The molecule has 0 saturated carbocycles. The van der Waals surface area contributed by atoms with Gasteiger partial charge in [-0.15, -0.1) is 0 Å². The number of carboxylic acids is 2. The molecule has 150 valence electrons. The number of benzene rings is 2. The van der Waals surface area contributed by atoms with Gasteiger partial charge in [0.05, 0.1) is 0 Å². The molecule has 2 aromatic carbocycles. The fraction of sp³-hybridized carbons (Fsp3) is 0.364. The summed E-state index contributed by atoms with van der Waals surface area (Å²) in [7, 11) is 0.